The molecule has 0 aliphatic carbocycles. The molecule has 2 aromatic heterocycles. The van der Waals surface area contributed by atoms with Gasteiger partial charge in [0.15, 0.2) is 0 Å². The van der Waals surface area contributed by atoms with Crippen LogP contribution in [0.15, 0.2) is 36.4 Å². The number of H-pyrrole nitrogens is 2. The van der Waals surface area contributed by atoms with E-state index in [-0.39, 0.29) is 11.6 Å². The Labute approximate surface area is 168 Å². The van der Waals surface area contributed by atoms with Crippen molar-refractivity contribution in [3.63, 3.8) is 0 Å². The zero-order valence-corrected chi connectivity index (χ0v) is 15.7. The van der Waals surface area contributed by atoms with Gasteiger partial charge in [0.05, 0.1) is 22.1 Å². The van der Waals surface area contributed by atoms with Gasteiger partial charge in [-0.1, -0.05) is 23.2 Å². The Hall–Kier alpha value is -2.20. The number of aliphatic hydroxyl groups excluding tert-OH is 4. The van der Waals surface area contributed by atoms with E-state index in [2.05, 4.69) is 19.9 Å². The molecule has 0 bridgehead atoms. The average Bonchev–Trinajstić information content (AvgIpc) is 3.28. The van der Waals surface area contributed by atoms with Gasteiger partial charge in [-0.15, -0.1) is 0 Å². The van der Waals surface area contributed by atoms with Crippen LogP contribution in [0.25, 0.3) is 22.1 Å². The first kappa shape index (κ1) is 19.1. The summed E-state index contributed by atoms with van der Waals surface area (Å²) in [7, 11) is 0. The molecular weight excluding hydrogens is 407 g/mol. The number of fused-ring (bicyclic) bond motifs is 2. The number of halogens is 2. The average molecular weight is 423 g/mol. The standard InChI is InChI=1S/C18H16Cl2N4O4/c19-7-1-3-9-11(5-7)23-17(21-9)15(27)13(25)14(26)16(28)18-22-10-4-2-8(20)6-12(10)24-18/h1-6,13-16,25-28H,(H,21,23)(H,22,24). The summed E-state index contributed by atoms with van der Waals surface area (Å²) in [5.41, 5.74) is 2.21. The highest BCUT2D eigenvalue weighted by atomic mass is 35.5. The Morgan fingerprint density at radius 1 is 0.679 bits per heavy atom. The number of rotatable bonds is 5. The van der Waals surface area contributed by atoms with Crippen molar-refractivity contribution in [3.8, 4) is 0 Å². The molecule has 4 atom stereocenters. The van der Waals surface area contributed by atoms with Crippen molar-refractivity contribution in [2.75, 3.05) is 0 Å². The Bertz CT molecular complexity index is 1060. The Morgan fingerprint density at radius 2 is 1.07 bits per heavy atom. The molecule has 0 aliphatic heterocycles. The summed E-state index contributed by atoms with van der Waals surface area (Å²) in [6.07, 6.45) is -6.62. The molecule has 4 rings (SSSR count). The van der Waals surface area contributed by atoms with Crippen LogP contribution in [0.1, 0.15) is 23.9 Å². The molecule has 0 spiro atoms. The Balaban J connectivity index is 1.56. The molecule has 8 nitrogen and oxygen atoms in total. The third kappa shape index (κ3) is 3.46. The zero-order chi connectivity index (χ0) is 20.0. The van der Waals surface area contributed by atoms with Gasteiger partial charge < -0.3 is 30.4 Å². The Kier molecular flexibility index (Phi) is 5.00. The van der Waals surface area contributed by atoms with Crippen LogP contribution in [-0.2, 0) is 0 Å². The molecule has 0 radical (unpaired) electrons. The first-order valence-electron chi connectivity index (χ1n) is 8.36. The second-order valence-corrected chi connectivity index (χ2v) is 7.31. The summed E-state index contributed by atoms with van der Waals surface area (Å²) >= 11 is 11.8. The van der Waals surface area contributed by atoms with Crippen molar-refractivity contribution in [1.29, 1.82) is 0 Å². The lowest BCUT2D eigenvalue weighted by Crippen LogP contribution is -2.37. The minimum absolute atomic E-state index is 0.0346. The van der Waals surface area contributed by atoms with Crippen molar-refractivity contribution in [2.24, 2.45) is 0 Å². The molecule has 0 saturated carbocycles. The molecule has 6 N–H and O–H groups in total. The van der Waals surface area contributed by atoms with Crippen molar-refractivity contribution >= 4 is 45.3 Å². The number of benzene rings is 2. The van der Waals surface area contributed by atoms with E-state index < -0.39 is 24.4 Å². The largest absolute Gasteiger partial charge is 0.387 e. The number of nitrogens with one attached hydrogen (secondary N) is 2. The second-order valence-electron chi connectivity index (χ2n) is 6.44. The topological polar surface area (TPSA) is 138 Å². The second kappa shape index (κ2) is 7.32. The van der Waals surface area contributed by atoms with Crippen molar-refractivity contribution in [1.82, 2.24) is 19.9 Å². The highest BCUT2D eigenvalue weighted by molar-refractivity contribution is 6.31. The van der Waals surface area contributed by atoms with Gasteiger partial charge in [0, 0.05) is 10.0 Å². The number of imidazole rings is 2. The summed E-state index contributed by atoms with van der Waals surface area (Å²) in [6, 6.07) is 9.84. The summed E-state index contributed by atoms with van der Waals surface area (Å²) in [5, 5.41) is 42.5. The van der Waals surface area contributed by atoms with Crippen LogP contribution in [0, 0.1) is 0 Å². The summed E-state index contributed by atoms with van der Waals surface area (Å²) < 4.78 is 0. The van der Waals surface area contributed by atoms with Gasteiger partial charge in [0.1, 0.15) is 36.1 Å². The number of aliphatic hydroxyl groups is 4. The highest BCUT2D eigenvalue weighted by Gasteiger charge is 2.35. The monoisotopic (exact) mass is 422 g/mol. The smallest absolute Gasteiger partial charge is 0.140 e. The molecule has 2 heterocycles. The SMILES string of the molecule is OC(c1nc2ccc(Cl)cc2[nH]1)C(O)C(O)C(O)c1nc2ccc(Cl)cc2[nH]1. The predicted molar refractivity (Wildman–Crippen MR) is 104 cm³/mol. The highest BCUT2D eigenvalue weighted by Crippen LogP contribution is 2.27. The van der Waals surface area contributed by atoms with Crippen molar-refractivity contribution < 1.29 is 20.4 Å². The molecule has 0 amide bonds. The number of hydrogen-bond donors (Lipinski definition) is 6. The van der Waals surface area contributed by atoms with Gasteiger partial charge >= 0.3 is 0 Å². The van der Waals surface area contributed by atoms with Gasteiger partial charge in [-0.3, -0.25) is 0 Å². The van der Waals surface area contributed by atoms with E-state index in [0.717, 1.165) is 0 Å². The maximum absolute atomic E-state index is 10.4. The van der Waals surface area contributed by atoms with E-state index >= 15 is 0 Å². The summed E-state index contributed by atoms with van der Waals surface area (Å²) in [5.74, 6) is 0.0693. The first-order valence-corrected chi connectivity index (χ1v) is 9.11. The third-order valence-corrected chi connectivity index (χ3v) is 4.95. The molecule has 0 saturated heterocycles. The Morgan fingerprint density at radius 3 is 1.46 bits per heavy atom. The molecule has 0 fully saturated rings. The van der Waals surface area contributed by atoms with Crippen LogP contribution in [0.4, 0.5) is 0 Å². The van der Waals surface area contributed by atoms with Crippen molar-refractivity contribution in [2.45, 2.75) is 24.4 Å². The lowest BCUT2D eigenvalue weighted by atomic mass is 10.0. The van der Waals surface area contributed by atoms with Crippen LogP contribution < -0.4 is 0 Å². The molecule has 0 aliphatic rings. The fourth-order valence-corrected chi connectivity index (χ4v) is 3.32. The minimum Gasteiger partial charge on any atom is -0.387 e. The van der Waals surface area contributed by atoms with Crippen LogP contribution in [0.3, 0.4) is 0 Å². The number of aromatic nitrogens is 4. The van der Waals surface area contributed by atoms with Crippen LogP contribution in [0.2, 0.25) is 10.0 Å². The number of hydrogen-bond acceptors (Lipinski definition) is 6. The molecular formula is C18H16Cl2N4O4. The van der Waals surface area contributed by atoms with Crippen LogP contribution >= 0.6 is 23.2 Å². The normalized spacial score (nSPS) is 16.4. The molecule has 146 valence electrons. The van der Waals surface area contributed by atoms with E-state index in [1.165, 1.54) is 0 Å². The molecule has 4 aromatic rings. The maximum Gasteiger partial charge on any atom is 0.140 e. The van der Waals surface area contributed by atoms with E-state index in [1.807, 2.05) is 0 Å². The molecule has 28 heavy (non-hydrogen) atoms. The van der Waals surface area contributed by atoms with Gasteiger partial charge in [-0.05, 0) is 36.4 Å². The van der Waals surface area contributed by atoms with E-state index in [4.69, 9.17) is 23.2 Å². The van der Waals surface area contributed by atoms with Gasteiger partial charge in [-0.2, -0.15) is 0 Å². The third-order valence-electron chi connectivity index (χ3n) is 4.48. The summed E-state index contributed by atoms with van der Waals surface area (Å²) in [6.45, 7) is 0. The van der Waals surface area contributed by atoms with Gasteiger partial charge in [-0.25, -0.2) is 9.97 Å². The molecule has 2 aromatic carbocycles. The quantitative estimate of drug-likeness (QED) is 0.291. The van der Waals surface area contributed by atoms with Crippen LogP contribution in [0.5, 0.6) is 0 Å². The zero-order valence-electron chi connectivity index (χ0n) is 14.2. The van der Waals surface area contributed by atoms with Crippen LogP contribution in [-0.4, -0.2) is 52.6 Å². The number of aromatic amines is 2. The molecule has 4 unspecified atom stereocenters. The van der Waals surface area contributed by atoms with E-state index in [1.54, 1.807) is 36.4 Å². The summed E-state index contributed by atoms with van der Waals surface area (Å²) in [4.78, 5) is 14.0. The fraction of sp³-hybridized carbons (Fsp3) is 0.222. The lowest BCUT2D eigenvalue weighted by molar-refractivity contribution is -0.111. The predicted octanol–water partition coefficient (Wildman–Crippen LogP) is 2.23. The lowest BCUT2D eigenvalue weighted by Gasteiger charge is -2.24. The van der Waals surface area contributed by atoms with Gasteiger partial charge in [0.25, 0.3) is 0 Å². The van der Waals surface area contributed by atoms with Gasteiger partial charge in [0.2, 0.25) is 0 Å². The first-order chi connectivity index (χ1) is 13.3. The fourth-order valence-electron chi connectivity index (χ4n) is 2.98. The number of nitrogens with zero attached hydrogens (tertiary/aromatic N) is 2. The minimum atomic E-state index is -1.73. The van der Waals surface area contributed by atoms with Crippen molar-refractivity contribution in [3.05, 3.63) is 58.1 Å². The van der Waals surface area contributed by atoms with E-state index in [0.29, 0.717) is 32.1 Å². The van der Waals surface area contributed by atoms with E-state index in [9.17, 15) is 20.4 Å². The molecule has 10 heteroatoms. The maximum atomic E-state index is 10.4.